The maximum atomic E-state index is 14.8. The van der Waals surface area contributed by atoms with Gasteiger partial charge in [-0.15, -0.1) is 0 Å². The van der Waals surface area contributed by atoms with Crippen LogP contribution in [-0.2, 0) is 10.3 Å². The quantitative estimate of drug-likeness (QED) is 0.521. The number of carbonyl (C=O) groups excluding carboxylic acids is 1. The largest absolute Gasteiger partial charge is 0.444 e. The Morgan fingerprint density at radius 1 is 1.24 bits per heavy atom. The van der Waals surface area contributed by atoms with Gasteiger partial charge in [0, 0.05) is 17.2 Å². The minimum atomic E-state index is -1.18. The minimum absolute atomic E-state index is 0.108. The van der Waals surface area contributed by atoms with Crippen LogP contribution in [0.25, 0.3) is 0 Å². The molecule has 0 fully saturated rings. The summed E-state index contributed by atoms with van der Waals surface area (Å²) in [6, 6.07) is 2.15. The molecule has 8 heteroatoms. The molecule has 2 atom stereocenters. The lowest BCUT2D eigenvalue weighted by Crippen LogP contribution is -2.47. The van der Waals surface area contributed by atoms with Crippen LogP contribution in [0.2, 0.25) is 0 Å². The topological polar surface area (TPSA) is 64.4 Å². The van der Waals surface area contributed by atoms with Gasteiger partial charge in [0.25, 0.3) is 0 Å². The summed E-state index contributed by atoms with van der Waals surface area (Å²) in [4.78, 5) is 12.5. The van der Waals surface area contributed by atoms with Crippen molar-refractivity contribution in [1.82, 2.24) is 10.5 Å². The second kappa shape index (κ2) is 8.42. The van der Waals surface area contributed by atoms with Gasteiger partial charge in [-0.05, 0) is 75.9 Å². The summed E-state index contributed by atoms with van der Waals surface area (Å²) in [6.07, 6.45) is -0.379. The van der Waals surface area contributed by atoms with Crippen molar-refractivity contribution in [3.63, 3.8) is 0 Å². The molecule has 2 aromatic rings. The SMILES string of the molecule is Cc1noc(C)c1[C@H](C)C[C@](C)(NC(=O)OC(C)(C)C)c1cc(Br)c(F)cc1F. The standard InChI is InChI=1S/C21H27BrF2N2O3/c1-11(18-12(2)26-29-13(18)3)10-21(7,25-19(27)28-20(4,5)6)14-8-15(22)17(24)9-16(14)23/h8-9,11H,10H2,1-7H3,(H,25,27)/t11-,21+/m1/s1. The lowest BCUT2D eigenvalue weighted by atomic mass is 9.80. The van der Waals surface area contributed by atoms with Crippen LogP contribution in [0.5, 0.6) is 0 Å². The fraction of sp³-hybridized carbons (Fsp3) is 0.524. The number of hydrogen-bond acceptors (Lipinski definition) is 4. The van der Waals surface area contributed by atoms with Crippen LogP contribution in [0, 0.1) is 25.5 Å². The highest BCUT2D eigenvalue weighted by Crippen LogP contribution is 2.38. The lowest BCUT2D eigenvalue weighted by Gasteiger charge is -2.35. The van der Waals surface area contributed by atoms with Gasteiger partial charge in [-0.1, -0.05) is 12.1 Å². The number of benzene rings is 1. The first-order valence-corrected chi connectivity index (χ1v) is 10.1. The van der Waals surface area contributed by atoms with Gasteiger partial charge < -0.3 is 14.6 Å². The van der Waals surface area contributed by atoms with Crippen molar-refractivity contribution in [3.05, 3.63) is 50.8 Å². The smallest absolute Gasteiger partial charge is 0.408 e. The van der Waals surface area contributed by atoms with Gasteiger partial charge in [0.1, 0.15) is 23.0 Å². The molecule has 2 rings (SSSR count). The van der Waals surface area contributed by atoms with Gasteiger partial charge in [-0.2, -0.15) is 0 Å². The first-order valence-electron chi connectivity index (χ1n) is 9.32. The van der Waals surface area contributed by atoms with Crippen LogP contribution in [0.4, 0.5) is 13.6 Å². The van der Waals surface area contributed by atoms with E-state index in [0.29, 0.717) is 12.2 Å². The second-order valence-corrected chi connectivity index (χ2v) is 9.40. The number of ether oxygens (including phenoxy) is 1. The second-order valence-electron chi connectivity index (χ2n) is 8.55. The van der Waals surface area contributed by atoms with Crippen molar-refractivity contribution in [2.24, 2.45) is 0 Å². The van der Waals surface area contributed by atoms with E-state index in [-0.39, 0.29) is 16.0 Å². The molecule has 0 aliphatic rings. The fourth-order valence-corrected chi connectivity index (χ4v) is 3.95. The molecule has 0 saturated carbocycles. The Hall–Kier alpha value is -1.96. The molecule has 1 amide bonds. The van der Waals surface area contributed by atoms with Gasteiger partial charge in [0.05, 0.1) is 15.7 Å². The first-order chi connectivity index (χ1) is 13.2. The number of hydrogen-bond donors (Lipinski definition) is 1. The maximum Gasteiger partial charge on any atom is 0.408 e. The molecule has 1 N–H and O–H groups in total. The van der Waals surface area contributed by atoms with Crippen LogP contribution < -0.4 is 5.32 Å². The zero-order valence-corrected chi connectivity index (χ0v) is 19.3. The van der Waals surface area contributed by atoms with Gasteiger partial charge in [-0.25, -0.2) is 13.6 Å². The molecular weight excluding hydrogens is 446 g/mol. The molecule has 1 aromatic carbocycles. The number of carbonyl (C=O) groups is 1. The molecule has 1 aromatic heterocycles. The molecule has 0 aliphatic carbocycles. The Balaban J connectivity index is 2.48. The summed E-state index contributed by atoms with van der Waals surface area (Å²) in [5, 5.41) is 6.76. The molecule has 5 nitrogen and oxygen atoms in total. The number of amides is 1. The van der Waals surface area contributed by atoms with Crippen LogP contribution in [0.15, 0.2) is 21.1 Å². The van der Waals surface area contributed by atoms with E-state index < -0.39 is 28.9 Å². The fourth-order valence-electron chi connectivity index (χ4n) is 3.61. The van der Waals surface area contributed by atoms with E-state index in [4.69, 9.17) is 9.26 Å². The van der Waals surface area contributed by atoms with Crippen molar-refractivity contribution in [2.75, 3.05) is 0 Å². The average molecular weight is 473 g/mol. The molecule has 0 saturated heterocycles. The molecule has 0 unspecified atom stereocenters. The van der Waals surface area contributed by atoms with Crippen LogP contribution >= 0.6 is 15.9 Å². The van der Waals surface area contributed by atoms with Crippen LogP contribution in [0.1, 0.15) is 69.5 Å². The number of alkyl carbamates (subject to hydrolysis) is 1. The van der Waals surface area contributed by atoms with Gasteiger partial charge in [0.15, 0.2) is 0 Å². The highest BCUT2D eigenvalue weighted by molar-refractivity contribution is 9.10. The predicted molar refractivity (Wildman–Crippen MR) is 110 cm³/mol. The van der Waals surface area contributed by atoms with E-state index in [1.165, 1.54) is 6.07 Å². The number of aryl methyl sites for hydroxylation is 2. The number of halogens is 3. The van der Waals surface area contributed by atoms with E-state index in [1.807, 2.05) is 13.8 Å². The van der Waals surface area contributed by atoms with E-state index in [0.717, 1.165) is 17.3 Å². The predicted octanol–water partition coefficient (Wildman–Crippen LogP) is 6.27. The summed E-state index contributed by atoms with van der Waals surface area (Å²) in [6.45, 7) is 12.5. The third-order valence-corrected chi connectivity index (χ3v) is 5.28. The van der Waals surface area contributed by atoms with Crippen molar-refractivity contribution < 1.29 is 22.8 Å². The van der Waals surface area contributed by atoms with Gasteiger partial charge in [-0.3, -0.25) is 0 Å². The molecule has 1 heterocycles. The number of nitrogens with zero attached hydrogens (tertiary/aromatic N) is 1. The molecular formula is C21H27BrF2N2O3. The Bertz CT molecular complexity index is 889. The number of aromatic nitrogens is 1. The molecule has 0 radical (unpaired) electrons. The van der Waals surface area contributed by atoms with Crippen molar-refractivity contribution >= 4 is 22.0 Å². The monoisotopic (exact) mass is 472 g/mol. The summed E-state index contributed by atoms with van der Waals surface area (Å²) in [5.74, 6) is -0.945. The third kappa shape index (κ3) is 5.56. The maximum absolute atomic E-state index is 14.8. The van der Waals surface area contributed by atoms with E-state index in [1.54, 1.807) is 34.6 Å². The normalized spacial score (nSPS) is 15.0. The van der Waals surface area contributed by atoms with Gasteiger partial charge in [0.2, 0.25) is 0 Å². The number of nitrogens with one attached hydrogen (secondary N) is 1. The van der Waals surface area contributed by atoms with Crippen molar-refractivity contribution in [3.8, 4) is 0 Å². The summed E-state index contributed by atoms with van der Waals surface area (Å²) in [7, 11) is 0. The summed E-state index contributed by atoms with van der Waals surface area (Å²) >= 11 is 3.11. The molecule has 0 bridgehead atoms. The van der Waals surface area contributed by atoms with E-state index in [9.17, 15) is 13.6 Å². The van der Waals surface area contributed by atoms with Gasteiger partial charge >= 0.3 is 6.09 Å². The Morgan fingerprint density at radius 3 is 2.38 bits per heavy atom. The Kier molecular flexibility index (Phi) is 6.77. The molecule has 0 aliphatic heterocycles. The third-order valence-electron chi connectivity index (χ3n) is 4.68. The Labute approximate surface area is 178 Å². The highest BCUT2D eigenvalue weighted by Gasteiger charge is 2.37. The number of rotatable bonds is 5. The highest BCUT2D eigenvalue weighted by atomic mass is 79.9. The average Bonchev–Trinajstić information content (AvgIpc) is 2.87. The van der Waals surface area contributed by atoms with E-state index >= 15 is 0 Å². The van der Waals surface area contributed by atoms with Crippen molar-refractivity contribution in [1.29, 1.82) is 0 Å². The van der Waals surface area contributed by atoms with E-state index in [2.05, 4.69) is 26.4 Å². The zero-order chi connectivity index (χ0) is 22.1. The zero-order valence-electron chi connectivity index (χ0n) is 17.7. The van der Waals surface area contributed by atoms with Crippen LogP contribution in [0.3, 0.4) is 0 Å². The van der Waals surface area contributed by atoms with Crippen molar-refractivity contribution in [2.45, 2.75) is 71.9 Å². The minimum Gasteiger partial charge on any atom is -0.444 e. The molecule has 0 spiro atoms. The van der Waals surface area contributed by atoms with Crippen LogP contribution in [-0.4, -0.2) is 16.9 Å². The summed E-state index contributed by atoms with van der Waals surface area (Å²) < 4.78 is 39.3. The molecule has 29 heavy (non-hydrogen) atoms. The Morgan fingerprint density at radius 2 is 1.86 bits per heavy atom. The molecule has 160 valence electrons. The lowest BCUT2D eigenvalue weighted by molar-refractivity contribution is 0.0450. The summed E-state index contributed by atoms with van der Waals surface area (Å²) in [5.41, 5.74) is -0.132. The first kappa shape index (κ1) is 23.3.